The van der Waals surface area contributed by atoms with Gasteiger partial charge in [-0.1, -0.05) is 30.3 Å². The van der Waals surface area contributed by atoms with Gasteiger partial charge in [-0.2, -0.15) is 5.10 Å². The van der Waals surface area contributed by atoms with E-state index in [1.54, 1.807) is 19.0 Å². The molecule has 25 heavy (non-hydrogen) atoms. The van der Waals surface area contributed by atoms with Crippen molar-refractivity contribution in [3.05, 3.63) is 73.0 Å². The zero-order valence-corrected chi connectivity index (χ0v) is 13.9. The Labute approximate surface area is 145 Å². The van der Waals surface area contributed by atoms with Gasteiger partial charge in [0.25, 0.3) is 0 Å². The summed E-state index contributed by atoms with van der Waals surface area (Å²) in [6.07, 6.45) is 9.73. The molecule has 0 spiro atoms. The van der Waals surface area contributed by atoms with Crippen LogP contribution in [0.1, 0.15) is 23.7 Å². The van der Waals surface area contributed by atoms with Crippen LogP contribution in [0.25, 0.3) is 11.5 Å². The summed E-state index contributed by atoms with van der Waals surface area (Å²) >= 11 is 0. The highest BCUT2D eigenvalue weighted by Crippen LogP contribution is 2.28. The van der Waals surface area contributed by atoms with E-state index >= 15 is 0 Å². The SMILES string of the molecule is Cc1[nH]cnc1-c1nccn1[C@@H](CCn1cncn1)c1ccccc1. The summed E-state index contributed by atoms with van der Waals surface area (Å²) in [5.41, 5.74) is 3.12. The van der Waals surface area contributed by atoms with Gasteiger partial charge in [-0.15, -0.1) is 0 Å². The number of aryl methyl sites for hydroxylation is 2. The van der Waals surface area contributed by atoms with Crippen LogP contribution in [-0.4, -0.2) is 34.3 Å². The first kappa shape index (κ1) is 15.3. The van der Waals surface area contributed by atoms with Gasteiger partial charge in [0.2, 0.25) is 0 Å². The number of aromatic amines is 1. The van der Waals surface area contributed by atoms with Crippen LogP contribution < -0.4 is 0 Å². The first-order valence-electron chi connectivity index (χ1n) is 8.23. The summed E-state index contributed by atoms with van der Waals surface area (Å²) in [7, 11) is 0. The molecule has 0 aliphatic heterocycles. The smallest absolute Gasteiger partial charge is 0.161 e. The van der Waals surface area contributed by atoms with E-state index in [4.69, 9.17) is 0 Å². The van der Waals surface area contributed by atoms with Crippen molar-refractivity contribution >= 4 is 0 Å². The molecule has 7 nitrogen and oxygen atoms in total. The number of aromatic nitrogens is 7. The van der Waals surface area contributed by atoms with Crippen LogP contribution >= 0.6 is 0 Å². The molecule has 0 saturated carbocycles. The molecule has 0 aliphatic rings. The maximum atomic E-state index is 4.56. The summed E-state index contributed by atoms with van der Waals surface area (Å²) < 4.78 is 4.04. The number of nitrogens with zero attached hydrogens (tertiary/aromatic N) is 6. The predicted octanol–water partition coefficient (Wildman–Crippen LogP) is 2.85. The highest BCUT2D eigenvalue weighted by molar-refractivity contribution is 5.53. The maximum absolute atomic E-state index is 4.56. The van der Waals surface area contributed by atoms with Gasteiger partial charge >= 0.3 is 0 Å². The Bertz CT molecular complexity index is 921. The Morgan fingerprint density at radius 2 is 2.04 bits per heavy atom. The van der Waals surface area contributed by atoms with E-state index in [1.165, 1.54) is 5.56 Å². The maximum Gasteiger partial charge on any atom is 0.161 e. The van der Waals surface area contributed by atoms with Crippen LogP contribution in [-0.2, 0) is 6.54 Å². The van der Waals surface area contributed by atoms with Crippen molar-refractivity contribution in [2.45, 2.75) is 25.9 Å². The number of nitrogens with one attached hydrogen (secondary N) is 1. The second kappa shape index (κ2) is 6.72. The molecule has 0 fully saturated rings. The van der Waals surface area contributed by atoms with Crippen molar-refractivity contribution in [2.75, 3.05) is 0 Å². The number of rotatable bonds is 6. The summed E-state index contributed by atoms with van der Waals surface area (Å²) in [5.74, 6) is 0.867. The molecule has 0 unspecified atom stereocenters. The number of hydrogen-bond donors (Lipinski definition) is 1. The molecule has 7 heteroatoms. The molecule has 4 rings (SSSR count). The molecule has 0 amide bonds. The third-order valence-corrected chi connectivity index (χ3v) is 4.33. The summed E-state index contributed by atoms with van der Waals surface area (Å²) in [5, 5.41) is 4.21. The first-order chi connectivity index (χ1) is 12.3. The van der Waals surface area contributed by atoms with Gasteiger partial charge in [0, 0.05) is 24.6 Å². The second-order valence-corrected chi connectivity index (χ2v) is 5.91. The van der Waals surface area contributed by atoms with Crippen LogP contribution in [0.4, 0.5) is 0 Å². The van der Waals surface area contributed by atoms with Crippen LogP contribution in [0.5, 0.6) is 0 Å². The normalized spacial score (nSPS) is 12.4. The standard InChI is InChI=1S/C18H19N7/c1-14-17(22-12-21-14)18-20-8-10-25(18)16(15-5-3-2-4-6-15)7-9-24-13-19-11-23-24/h2-6,8,10-13,16H,7,9H2,1H3,(H,21,22)/t16-/m0/s1. The van der Waals surface area contributed by atoms with Crippen molar-refractivity contribution in [3.8, 4) is 11.5 Å². The molecular formula is C18H19N7. The molecule has 0 aliphatic carbocycles. The van der Waals surface area contributed by atoms with Gasteiger partial charge in [0.05, 0.1) is 12.4 Å². The Morgan fingerprint density at radius 1 is 1.16 bits per heavy atom. The zero-order chi connectivity index (χ0) is 17.1. The predicted molar refractivity (Wildman–Crippen MR) is 93.8 cm³/mol. The zero-order valence-electron chi connectivity index (χ0n) is 13.9. The van der Waals surface area contributed by atoms with E-state index < -0.39 is 0 Å². The fourth-order valence-electron chi connectivity index (χ4n) is 3.08. The average Bonchev–Trinajstić information content (AvgIpc) is 3.38. The molecule has 126 valence electrons. The van der Waals surface area contributed by atoms with Gasteiger partial charge in [0.1, 0.15) is 18.3 Å². The fraction of sp³-hybridized carbons (Fsp3) is 0.222. The third kappa shape index (κ3) is 3.08. The Kier molecular flexibility index (Phi) is 4.12. The van der Waals surface area contributed by atoms with Crippen LogP contribution in [0.15, 0.2) is 61.7 Å². The molecule has 1 atom stereocenters. The Hall–Kier alpha value is -3.22. The molecule has 1 aromatic carbocycles. The minimum absolute atomic E-state index is 0.138. The number of hydrogen-bond acceptors (Lipinski definition) is 4. The monoisotopic (exact) mass is 333 g/mol. The second-order valence-electron chi connectivity index (χ2n) is 5.91. The molecule has 0 saturated heterocycles. The van der Waals surface area contributed by atoms with Gasteiger partial charge < -0.3 is 9.55 Å². The molecule has 1 N–H and O–H groups in total. The summed E-state index contributed by atoms with van der Waals surface area (Å²) in [4.78, 5) is 16.1. The molecule has 3 aromatic heterocycles. The molecule has 0 radical (unpaired) electrons. The lowest BCUT2D eigenvalue weighted by Gasteiger charge is -2.21. The Morgan fingerprint density at radius 3 is 2.76 bits per heavy atom. The molecule has 4 aromatic rings. The number of benzene rings is 1. The van der Waals surface area contributed by atoms with Crippen molar-refractivity contribution in [1.82, 2.24) is 34.3 Å². The van der Waals surface area contributed by atoms with E-state index in [0.29, 0.717) is 0 Å². The van der Waals surface area contributed by atoms with Crippen molar-refractivity contribution in [2.24, 2.45) is 0 Å². The molecule has 3 heterocycles. The largest absolute Gasteiger partial charge is 0.348 e. The van der Waals surface area contributed by atoms with E-state index in [0.717, 1.165) is 30.2 Å². The van der Waals surface area contributed by atoms with Gasteiger partial charge in [-0.05, 0) is 18.9 Å². The van der Waals surface area contributed by atoms with Crippen LogP contribution in [0, 0.1) is 6.92 Å². The highest BCUT2D eigenvalue weighted by Gasteiger charge is 2.20. The lowest BCUT2D eigenvalue weighted by molar-refractivity contribution is 0.471. The molecular weight excluding hydrogens is 314 g/mol. The number of H-pyrrole nitrogens is 1. The highest BCUT2D eigenvalue weighted by atomic mass is 15.3. The lowest BCUT2D eigenvalue weighted by Crippen LogP contribution is -2.15. The third-order valence-electron chi connectivity index (χ3n) is 4.33. The minimum Gasteiger partial charge on any atom is -0.348 e. The van der Waals surface area contributed by atoms with Crippen molar-refractivity contribution < 1.29 is 0 Å². The van der Waals surface area contributed by atoms with E-state index in [1.807, 2.05) is 30.1 Å². The average molecular weight is 333 g/mol. The summed E-state index contributed by atoms with van der Waals surface area (Å²) in [6, 6.07) is 10.6. The van der Waals surface area contributed by atoms with E-state index in [-0.39, 0.29) is 6.04 Å². The molecule has 0 bridgehead atoms. The van der Waals surface area contributed by atoms with Crippen molar-refractivity contribution in [3.63, 3.8) is 0 Å². The topological polar surface area (TPSA) is 77.2 Å². The summed E-state index contributed by atoms with van der Waals surface area (Å²) in [6.45, 7) is 2.78. The first-order valence-corrected chi connectivity index (χ1v) is 8.23. The fourth-order valence-corrected chi connectivity index (χ4v) is 3.08. The van der Waals surface area contributed by atoms with Crippen LogP contribution in [0.3, 0.4) is 0 Å². The van der Waals surface area contributed by atoms with E-state index in [2.05, 4.69) is 53.9 Å². The van der Waals surface area contributed by atoms with Gasteiger partial charge in [0.15, 0.2) is 5.82 Å². The van der Waals surface area contributed by atoms with Crippen molar-refractivity contribution in [1.29, 1.82) is 0 Å². The minimum atomic E-state index is 0.138. The van der Waals surface area contributed by atoms with E-state index in [9.17, 15) is 0 Å². The quantitative estimate of drug-likeness (QED) is 0.588. The van der Waals surface area contributed by atoms with Gasteiger partial charge in [-0.25, -0.2) is 15.0 Å². The lowest BCUT2D eigenvalue weighted by atomic mass is 10.0. The number of imidazole rings is 2. The van der Waals surface area contributed by atoms with Gasteiger partial charge in [-0.3, -0.25) is 4.68 Å². The Balaban J connectivity index is 1.71. The van der Waals surface area contributed by atoms with Crippen LogP contribution in [0.2, 0.25) is 0 Å².